The van der Waals surface area contributed by atoms with Crippen LogP contribution in [0.5, 0.6) is 0 Å². The summed E-state index contributed by atoms with van der Waals surface area (Å²) < 4.78 is 4.04. The van der Waals surface area contributed by atoms with E-state index in [1.54, 1.807) is 16.7 Å². The molecular weight excluding hydrogens is 356 g/mol. The number of nitrogens with one attached hydrogen (secondary N) is 1. The van der Waals surface area contributed by atoms with Gasteiger partial charge in [0.15, 0.2) is 9.60 Å². The zero-order valence-electron chi connectivity index (χ0n) is 13.6. The molecule has 0 aliphatic rings. The maximum Gasteiger partial charge on any atom is 0.273 e. The van der Waals surface area contributed by atoms with E-state index in [-0.39, 0.29) is 18.0 Å². The molecule has 1 N–H and O–H groups in total. The van der Waals surface area contributed by atoms with Gasteiger partial charge in [0, 0.05) is 12.2 Å². The molecule has 6 nitrogen and oxygen atoms in total. The number of thiazole rings is 1. The molecule has 25 heavy (non-hydrogen) atoms. The molecule has 0 saturated heterocycles. The van der Waals surface area contributed by atoms with Gasteiger partial charge in [-0.05, 0) is 36.8 Å². The highest BCUT2D eigenvalue weighted by Crippen LogP contribution is 2.17. The van der Waals surface area contributed by atoms with E-state index in [2.05, 4.69) is 16.9 Å². The molecule has 0 aliphatic carbocycles. The largest absolute Gasteiger partial charge is 0.325 e. The van der Waals surface area contributed by atoms with Crippen molar-refractivity contribution in [2.45, 2.75) is 20.0 Å². The van der Waals surface area contributed by atoms with Crippen molar-refractivity contribution in [3.8, 4) is 0 Å². The predicted octanol–water partition coefficient (Wildman–Crippen LogP) is 3.12. The number of hydrogen-bond acceptors (Lipinski definition) is 5. The molecule has 0 spiro atoms. The third-order valence-electron chi connectivity index (χ3n) is 3.57. The lowest BCUT2D eigenvalue weighted by molar-refractivity contribution is -0.116. The fourth-order valence-electron chi connectivity index (χ4n) is 2.45. The Morgan fingerprint density at radius 2 is 2.28 bits per heavy atom. The summed E-state index contributed by atoms with van der Waals surface area (Å²) in [7, 11) is 0. The van der Waals surface area contributed by atoms with E-state index in [1.165, 1.54) is 22.2 Å². The summed E-state index contributed by atoms with van der Waals surface area (Å²) in [6, 6.07) is 7.47. The Kier molecular flexibility index (Phi) is 4.91. The normalized spacial score (nSPS) is 10.8. The third-order valence-corrected chi connectivity index (χ3v) is 5.00. The Morgan fingerprint density at radius 1 is 1.48 bits per heavy atom. The summed E-state index contributed by atoms with van der Waals surface area (Å²) in [6.45, 7) is 6.01. The van der Waals surface area contributed by atoms with Gasteiger partial charge < -0.3 is 9.88 Å². The summed E-state index contributed by atoms with van der Waals surface area (Å²) in [5, 5.41) is 2.78. The molecule has 0 radical (unpaired) electrons. The summed E-state index contributed by atoms with van der Waals surface area (Å²) >= 11 is 6.47. The highest BCUT2D eigenvalue weighted by atomic mass is 32.1. The quantitative estimate of drug-likeness (QED) is 0.552. The Bertz CT molecular complexity index is 1080. The first-order valence-corrected chi connectivity index (χ1v) is 8.78. The monoisotopic (exact) mass is 372 g/mol. The van der Waals surface area contributed by atoms with Crippen LogP contribution in [0.1, 0.15) is 5.56 Å². The maximum absolute atomic E-state index is 12.6. The number of allylic oxidation sites excluding steroid dienone is 1. The molecule has 8 heteroatoms. The van der Waals surface area contributed by atoms with Crippen molar-refractivity contribution in [1.29, 1.82) is 0 Å². The summed E-state index contributed by atoms with van der Waals surface area (Å²) in [5.74, 6) is -0.289. The number of aromatic nitrogens is 3. The second kappa shape index (κ2) is 7.12. The van der Waals surface area contributed by atoms with Crippen LogP contribution in [0, 0.1) is 10.9 Å². The molecule has 0 aliphatic heterocycles. The minimum absolute atomic E-state index is 0.109. The summed E-state index contributed by atoms with van der Waals surface area (Å²) in [4.78, 5) is 29.1. The highest BCUT2D eigenvalue weighted by molar-refractivity contribution is 7.73. The van der Waals surface area contributed by atoms with Gasteiger partial charge in [-0.1, -0.05) is 29.5 Å². The molecule has 0 saturated carbocycles. The van der Waals surface area contributed by atoms with Crippen molar-refractivity contribution in [3.05, 3.63) is 63.1 Å². The molecule has 2 aromatic heterocycles. The molecule has 128 valence electrons. The van der Waals surface area contributed by atoms with E-state index in [1.807, 2.05) is 25.1 Å². The zero-order chi connectivity index (χ0) is 18.0. The van der Waals surface area contributed by atoms with Crippen LogP contribution in [-0.2, 0) is 17.9 Å². The van der Waals surface area contributed by atoms with Gasteiger partial charge in [0.25, 0.3) is 5.56 Å². The first-order valence-electron chi connectivity index (χ1n) is 7.56. The van der Waals surface area contributed by atoms with Crippen molar-refractivity contribution in [2.75, 3.05) is 5.32 Å². The number of benzene rings is 1. The van der Waals surface area contributed by atoms with Crippen molar-refractivity contribution in [2.24, 2.45) is 0 Å². The average Bonchev–Trinajstić information content (AvgIpc) is 2.88. The number of fused-ring (bicyclic) bond motifs is 1. The van der Waals surface area contributed by atoms with E-state index in [0.717, 1.165) is 5.56 Å². The van der Waals surface area contributed by atoms with Crippen LogP contribution in [0.25, 0.3) is 10.3 Å². The van der Waals surface area contributed by atoms with Crippen LogP contribution >= 0.6 is 23.6 Å². The van der Waals surface area contributed by atoms with Gasteiger partial charge in [-0.3, -0.25) is 14.2 Å². The maximum atomic E-state index is 12.6. The van der Waals surface area contributed by atoms with E-state index >= 15 is 0 Å². The number of nitrogens with zero attached hydrogens (tertiary/aromatic N) is 3. The second-order valence-corrected chi connectivity index (χ2v) is 7.16. The topological polar surface area (TPSA) is 68.9 Å². The summed E-state index contributed by atoms with van der Waals surface area (Å²) in [5.41, 5.74) is 1.99. The molecular formula is C17H16N4O2S2. The minimum Gasteiger partial charge on any atom is -0.325 e. The highest BCUT2D eigenvalue weighted by Gasteiger charge is 2.13. The fraction of sp³-hybridized carbons (Fsp3) is 0.176. The van der Waals surface area contributed by atoms with Crippen molar-refractivity contribution < 1.29 is 4.79 Å². The number of carbonyl (C=O) groups excluding carboxylic acids is 1. The smallest absolute Gasteiger partial charge is 0.273 e. The molecule has 0 atom stereocenters. The van der Waals surface area contributed by atoms with E-state index in [4.69, 9.17) is 12.2 Å². The molecule has 0 fully saturated rings. The van der Waals surface area contributed by atoms with Crippen LogP contribution < -0.4 is 10.9 Å². The molecule has 3 rings (SSSR count). The molecule has 0 unspecified atom stereocenters. The lowest BCUT2D eigenvalue weighted by Gasteiger charge is -2.08. The molecule has 0 bridgehead atoms. The SMILES string of the molecule is C=CCn1c(=S)sc2c(=O)n(CC(=O)Nc3cccc(C)c3)cnc21. The fourth-order valence-corrected chi connectivity index (χ4v) is 3.77. The van der Waals surface area contributed by atoms with Crippen molar-refractivity contribution in [1.82, 2.24) is 14.1 Å². The Morgan fingerprint density at radius 3 is 3.00 bits per heavy atom. The predicted molar refractivity (Wildman–Crippen MR) is 103 cm³/mol. The van der Waals surface area contributed by atoms with Gasteiger partial charge in [-0.25, -0.2) is 4.98 Å². The number of carbonyl (C=O) groups is 1. The van der Waals surface area contributed by atoms with E-state index < -0.39 is 0 Å². The Balaban J connectivity index is 1.88. The zero-order valence-corrected chi connectivity index (χ0v) is 15.2. The van der Waals surface area contributed by atoms with Gasteiger partial charge in [-0.15, -0.1) is 6.58 Å². The second-order valence-electron chi connectivity index (χ2n) is 5.52. The third kappa shape index (κ3) is 3.59. The van der Waals surface area contributed by atoms with E-state index in [9.17, 15) is 9.59 Å². The van der Waals surface area contributed by atoms with Crippen LogP contribution in [-0.4, -0.2) is 20.0 Å². The first-order chi connectivity index (χ1) is 12.0. The number of rotatable bonds is 5. The van der Waals surface area contributed by atoms with Crippen molar-refractivity contribution in [3.63, 3.8) is 0 Å². The van der Waals surface area contributed by atoms with Gasteiger partial charge >= 0.3 is 0 Å². The number of hydrogen-bond donors (Lipinski definition) is 1. The Labute approximate surface area is 153 Å². The molecule has 2 heterocycles. The molecule has 1 amide bonds. The lowest BCUT2D eigenvalue weighted by atomic mass is 10.2. The van der Waals surface area contributed by atoms with Crippen LogP contribution in [0.3, 0.4) is 0 Å². The number of aryl methyl sites for hydroxylation is 1. The number of amides is 1. The first kappa shape index (κ1) is 17.2. The average molecular weight is 372 g/mol. The van der Waals surface area contributed by atoms with Crippen molar-refractivity contribution >= 4 is 45.5 Å². The summed E-state index contributed by atoms with van der Waals surface area (Å²) in [6.07, 6.45) is 3.08. The van der Waals surface area contributed by atoms with Gasteiger partial charge in [0.2, 0.25) is 5.91 Å². The standard InChI is InChI=1S/C17H16N4O2S2/c1-3-7-21-15-14(25-17(21)24)16(23)20(10-18-15)9-13(22)19-12-6-4-5-11(2)8-12/h3-6,8,10H,1,7,9H2,2H3,(H,19,22). The Hall–Kier alpha value is -2.58. The molecule has 1 aromatic carbocycles. The van der Waals surface area contributed by atoms with Gasteiger partial charge in [0.1, 0.15) is 17.6 Å². The van der Waals surface area contributed by atoms with Crippen LogP contribution in [0.15, 0.2) is 48.0 Å². The van der Waals surface area contributed by atoms with E-state index in [0.29, 0.717) is 26.5 Å². The molecule has 3 aromatic rings. The lowest BCUT2D eigenvalue weighted by Crippen LogP contribution is -2.27. The van der Waals surface area contributed by atoms with Gasteiger partial charge in [0.05, 0.1) is 0 Å². The van der Waals surface area contributed by atoms with Crippen LogP contribution in [0.4, 0.5) is 5.69 Å². The van der Waals surface area contributed by atoms with Crippen LogP contribution in [0.2, 0.25) is 0 Å². The minimum atomic E-state index is -0.289. The number of anilines is 1. The van der Waals surface area contributed by atoms with Gasteiger partial charge in [-0.2, -0.15) is 0 Å².